The molecule has 0 amide bonds. The van der Waals surface area contributed by atoms with Crippen LogP contribution in [-0.4, -0.2) is 42.4 Å². The molecule has 1 aliphatic heterocycles. The quantitative estimate of drug-likeness (QED) is 0.924. The number of methoxy groups -OCH3 is 1. The average Bonchev–Trinajstić information content (AvgIpc) is 2.55. The van der Waals surface area contributed by atoms with Gasteiger partial charge in [-0.15, -0.1) is 0 Å². The van der Waals surface area contributed by atoms with Crippen molar-refractivity contribution in [3.8, 4) is 5.75 Å². The zero-order chi connectivity index (χ0) is 14.7. The second-order valence-corrected chi connectivity index (χ2v) is 6.04. The van der Waals surface area contributed by atoms with Gasteiger partial charge in [0.1, 0.15) is 5.75 Å². The normalized spacial score (nSPS) is 26.4. The molecule has 4 nitrogen and oxygen atoms in total. The number of hydrogen-bond acceptors (Lipinski definition) is 4. The van der Waals surface area contributed by atoms with Crippen molar-refractivity contribution >= 4 is 0 Å². The van der Waals surface area contributed by atoms with E-state index in [0.29, 0.717) is 12.1 Å². The average molecular weight is 291 g/mol. The van der Waals surface area contributed by atoms with Crippen LogP contribution in [0.5, 0.6) is 5.75 Å². The summed E-state index contributed by atoms with van der Waals surface area (Å²) in [5.41, 5.74) is 2.11. The predicted octanol–water partition coefficient (Wildman–Crippen LogP) is 2.33. The molecule has 1 aliphatic carbocycles. The SMILES string of the molecule is COc1ccc(CO)cc1CN1CCOC2CCCCC21. The Bertz CT molecular complexity index is 475. The van der Waals surface area contributed by atoms with Crippen LogP contribution in [0.25, 0.3) is 0 Å². The van der Waals surface area contributed by atoms with Gasteiger partial charge >= 0.3 is 0 Å². The Labute approximate surface area is 126 Å². The Morgan fingerprint density at radius 2 is 2.19 bits per heavy atom. The minimum Gasteiger partial charge on any atom is -0.496 e. The van der Waals surface area contributed by atoms with Crippen LogP contribution in [0, 0.1) is 0 Å². The number of aliphatic hydroxyl groups is 1. The van der Waals surface area contributed by atoms with Gasteiger partial charge in [-0.25, -0.2) is 0 Å². The summed E-state index contributed by atoms with van der Waals surface area (Å²) < 4.78 is 11.4. The fourth-order valence-electron chi connectivity index (χ4n) is 3.65. The molecule has 1 aromatic carbocycles. The first-order valence-electron chi connectivity index (χ1n) is 7.94. The Morgan fingerprint density at radius 3 is 3.00 bits per heavy atom. The summed E-state index contributed by atoms with van der Waals surface area (Å²) in [4.78, 5) is 2.53. The number of fused-ring (bicyclic) bond motifs is 1. The number of rotatable bonds is 4. The molecule has 116 valence electrons. The molecule has 4 heteroatoms. The van der Waals surface area contributed by atoms with Crippen LogP contribution >= 0.6 is 0 Å². The van der Waals surface area contributed by atoms with Gasteiger partial charge in [-0.3, -0.25) is 4.90 Å². The molecule has 0 radical (unpaired) electrons. The maximum Gasteiger partial charge on any atom is 0.123 e. The van der Waals surface area contributed by atoms with E-state index in [-0.39, 0.29) is 6.61 Å². The minimum absolute atomic E-state index is 0.0756. The number of ether oxygens (including phenoxy) is 2. The number of nitrogens with zero attached hydrogens (tertiary/aromatic N) is 1. The third-order valence-electron chi connectivity index (χ3n) is 4.75. The highest BCUT2D eigenvalue weighted by molar-refractivity contribution is 5.37. The highest BCUT2D eigenvalue weighted by atomic mass is 16.5. The second kappa shape index (κ2) is 6.77. The molecule has 0 aromatic heterocycles. The smallest absolute Gasteiger partial charge is 0.123 e. The van der Waals surface area contributed by atoms with Crippen molar-refractivity contribution in [3.05, 3.63) is 29.3 Å². The van der Waals surface area contributed by atoms with E-state index < -0.39 is 0 Å². The van der Waals surface area contributed by atoms with E-state index >= 15 is 0 Å². The van der Waals surface area contributed by atoms with E-state index in [1.54, 1.807) is 7.11 Å². The molecule has 2 fully saturated rings. The van der Waals surface area contributed by atoms with Gasteiger partial charge in [-0.05, 0) is 30.5 Å². The summed E-state index contributed by atoms with van der Waals surface area (Å²) in [5, 5.41) is 9.34. The Kier molecular flexibility index (Phi) is 4.78. The molecule has 2 atom stereocenters. The fraction of sp³-hybridized carbons (Fsp3) is 0.647. The summed E-state index contributed by atoms with van der Waals surface area (Å²) in [7, 11) is 1.71. The lowest BCUT2D eigenvalue weighted by Crippen LogP contribution is -2.52. The van der Waals surface area contributed by atoms with Gasteiger partial charge in [0.25, 0.3) is 0 Å². The van der Waals surface area contributed by atoms with Gasteiger partial charge in [-0.1, -0.05) is 18.9 Å². The number of benzene rings is 1. The molecule has 3 rings (SSSR count). The molecule has 1 N–H and O–H groups in total. The first kappa shape index (κ1) is 14.8. The zero-order valence-electron chi connectivity index (χ0n) is 12.8. The first-order valence-corrected chi connectivity index (χ1v) is 7.94. The van der Waals surface area contributed by atoms with Crippen molar-refractivity contribution in [2.75, 3.05) is 20.3 Å². The fourth-order valence-corrected chi connectivity index (χ4v) is 3.65. The van der Waals surface area contributed by atoms with Crippen molar-refractivity contribution < 1.29 is 14.6 Å². The molecular weight excluding hydrogens is 266 g/mol. The topological polar surface area (TPSA) is 41.9 Å². The maximum absolute atomic E-state index is 9.34. The number of morpholine rings is 1. The van der Waals surface area contributed by atoms with Crippen molar-refractivity contribution in [2.24, 2.45) is 0 Å². The monoisotopic (exact) mass is 291 g/mol. The molecule has 1 saturated carbocycles. The van der Waals surface area contributed by atoms with Crippen LogP contribution in [0.4, 0.5) is 0 Å². The van der Waals surface area contributed by atoms with E-state index in [0.717, 1.165) is 36.6 Å². The molecule has 2 unspecified atom stereocenters. The largest absolute Gasteiger partial charge is 0.496 e. The third kappa shape index (κ3) is 3.23. The zero-order valence-corrected chi connectivity index (χ0v) is 12.8. The van der Waals surface area contributed by atoms with E-state index in [9.17, 15) is 5.11 Å². The Balaban J connectivity index is 1.78. The van der Waals surface area contributed by atoms with E-state index in [2.05, 4.69) is 11.0 Å². The van der Waals surface area contributed by atoms with Gasteiger partial charge in [0.2, 0.25) is 0 Å². The van der Waals surface area contributed by atoms with Crippen LogP contribution in [0.15, 0.2) is 18.2 Å². The molecule has 2 aliphatic rings. The number of aliphatic hydroxyl groups excluding tert-OH is 1. The van der Waals surface area contributed by atoms with Crippen LogP contribution in [0.3, 0.4) is 0 Å². The van der Waals surface area contributed by atoms with Crippen molar-refractivity contribution in [1.82, 2.24) is 4.90 Å². The highest BCUT2D eigenvalue weighted by Crippen LogP contribution is 2.31. The molecule has 1 saturated heterocycles. The summed E-state index contributed by atoms with van der Waals surface area (Å²) in [6, 6.07) is 6.48. The lowest BCUT2D eigenvalue weighted by molar-refractivity contribution is -0.0912. The van der Waals surface area contributed by atoms with E-state index in [4.69, 9.17) is 9.47 Å². The van der Waals surface area contributed by atoms with Crippen LogP contribution in [0.2, 0.25) is 0 Å². The van der Waals surface area contributed by atoms with Gasteiger partial charge in [-0.2, -0.15) is 0 Å². The van der Waals surface area contributed by atoms with Gasteiger partial charge in [0.15, 0.2) is 0 Å². The Hall–Kier alpha value is -1.10. The van der Waals surface area contributed by atoms with E-state index in [1.165, 1.54) is 25.7 Å². The minimum atomic E-state index is 0.0756. The molecule has 1 heterocycles. The third-order valence-corrected chi connectivity index (χ3v) is 4.75. The highest BCUT2D eigenvalue weighted by Gasteiger charge is 2.34. The summed E-state index contributed by atoms with van der Waals surface area (Å²) in [5.74, 6) is 0.908. The summed E-state index contributed by atoms with van der Waals surface area (Å²) in [6.45, 7) is 2.75. The van der Waals surface area contributed by atoms with Crippen LogP contribution < -0.4 is 4.74 Å². The van der Waals surface area contributed by atoms with Gasteiger partial charge in [0.05, 0.1) is 26.4 Å². The van der Waals surface area contributed by atoms with Crippen LogP contribution in [-0.2, 0) is 17.9 Å². The van der Waals surface area contributed by atoms with Crippen LogP contribution in [0.1, 0.15) is 36.8 Å². The summed E-state index contributed by atoms with van der Waals surface area (Å²) in [6.07, 6.45) is 5.41. The van der Waals surface area contributed by atoms with Crippen molar-refractivity contribution in [1.29, 1.82) is 0 Å². The molecular formula is C17H25NO3. The molecule has 0 spiro atoms. The van der Waals surface area contributed by atoms with Crippen molar-refractivity contribution in [3.63, 3.8) is 0 Å². The van der Waals surface area contributed by atoms with Gasteiger partial charge < -0.3 is 14.6 Å². The van der Waals surface area contributed by atoms with Crippen molar-refractivity contribution in [2.45, 2.75) is 51.0 Å². The number of hydrogen-bond donors (Lipinski definition) is 1. The second-order valence-electron chi connectivity index (χ2n) is 6.04. The standard InChI is InChI=1S/C17H25NO3/c1-20-16-7-6-13(12-19)10-14(16)11-18-8-9-21-17-5-3-2-4-15(17)18/h6-7,10,15,17,19H,2-5,8-9,11-12H2,1H3. The van der Waals surface area contributed by atoms with Gasteiger partial charge in [0, 0.05) is 24.7 Å². The summed E-state index contributed by atoms with van der Waals surface area (Å²) >= 11 is 0. The first-order chi connectivity index (χ1) is 10.3. The molecule has 1 aromatic rings. The maximum atomic E-state index is 9.34. The Morgan fingerprint density at radius 1 is 1.33 bits per heavy atom. The lowest BCUT2D eigenvalue weighted by atomic mass is 9.90. The molecule has 21 heavy (non-hydrogen) atoms. The molecule has 0 bridgehead atoms. The predicted molar refractivity (Wildman–Crippen MR) is 81.3 cm³/mol. The lowest BCUT2D eigenvalue weighted by Gasteiger charge is -2.44. The van der Waals surface area contributed by atoms with E-state index in [1.807, 2.05) is 12.1 Å².